The fourth-order valence-corrected chi connectivity index (χ4v) is 5.12. The molecule has 0 spiro atoms. The van der Waals surface area contributed by atoms with Crippen LogP contribution in [0.25, 0.3) is 6.08 Å². The Balaban J connectivity index is 1.26. The number of carbonyl (C=O) groups is 1. The smallest absolute Gasteiger partial charge is 0.254 e. The molecule has 5 rings (SSSR count). The van der Waals surface area contributed by atoms with Crippen LogP contribution in [0.4, 0.5) is 24.5 Å². The van der Waals surface area contributed by atoms with Crippen LogP contribution >= 0.6 is 0 Å². The molecular formula is C29H28F3N3O. The van der Waals surface area contributed by atoms with Gasteiger partial charge in [0.25, 0.3) is 5.91 Å². The molecule has 186 valence electrons. The molecule has 2 aliphatic rings. The van der Waals surface area contributed by atoms with E-state index in [1.165, 1.54) is 0 Å². The topological polar surface area (TPSA) is 26.8 Å². The monoisotopic (exact) mass is 491 g/mol. The van der Waals surface area contributed by atoms with Gasteiger partial charge in [-0.2, -0.15) is 0 Å². The third-order valence-electron chi connectivity index (χ3n) is 7.19. The summed E-state index contributed by atoms with van der Waals surface area (Å²) in [6.07, 6.45) is 4.24. The van der Waals surface area contributed by atoms with Crippen LogP contribution in [0.2, 0.25) is 0 Å². The van der Waals surface area contributed by atoms with Crippen LogP contribution in [0.15, 0.2) is 66.7 Å². The lowest BCUT2D eigenvalue weighted by Crippen LogP contribution is -2.54. The van der Waals surface area contributed by atoms with Gasteiger partial charge < -0.3 is 9.80 Å². The zero-order valence-electron chi connectivity index (χ0n) is 20.3. The van der Waals surface area contributed by atoms with Crippen LogP contribution in [0.1, 0.15) is 41.4 Å². The average molecular weight is 492 g/mol. The maximum Gasteiger partial charge on any atom is 0.254 e. The van der Waals surface area contributed by atoms with Gasteiger partial charge in [-0.15, -0.1) is 0 Å². The molecule has 0 aliphatic carbocycles. The predicted octanol–water partition coefficient (Wildman–Crippen LogP) is 6.18. The van der Waals surface area contributed by atoms with Crippen LogP contribution in [-0.2, 0) is 0 Å². The van der Waals surface area contributed by atoms with Gasteiger partial charge >= 0.3 is 0 Å². The van der Waals surface area contributed by atoms with Gasteiger partial charge in [0.1, 0.15) is 0 Å². The zero-order valence-corrected chi connectivity index (χ0v) is 20.3. The number of rotatable bonds is 4. The molecule has 36 heavy (non-hydrogen) atoms. The summed E-state index contributed by atoms with van der Waals surface area (Å²) in [6.45, 7) is 6.15. The molecule has 4 nitrogen and oxygen atoms in total. The maximum atomic E-state index is 13.7. The summed E-state index contributed by atoms with van der Waals surface area (Å²) >= 11 is 0. The van der Waals surface area contributed by atoms with Crippen LogP contribution < -0.4 is 4.90 Å². The van der Waals surface area contributed by atoms with Crippen molar-refractivity contribution >= 4 is 23.4 Å². The molecule has 2 heterocycles. The van der Waals surface area contributed by atoms with E-state index in [2.05, 4.69) is 34.1 Å². The average Bonchev–Trinajstić information content (AvgIpc) is 2.90. The summed E-state index contributed by atoms with van der Waals surface area (Å²) in [5.74, 6) is -3.88. The molecule has 2 aliphatic heterocycles. The second kappa shape index (κ2) is 9.82. The molecule has 1 fully saturated rings. The standard InChI is InChI=1S/C29H28F3N3O/c1-19-18-33(20(2)23-16-25(30)28(32)26(31)17-23)14-15-34(19)29(36)22-9-11-24(12-10-22)35-13-5-7-21-6-3-4-8-27(21)35/h3-12,16-17,19-20H,13-15,18H2,1-2H3/t19-,20?/m1/s1. The fourth-order valence-electron chi connectivity index (χ4n) is 5.12. The quantitative estimate of drug-likeness (QED) is 0.408. The number of carbonyl (C=O) groups excluding carboxylic acids is 1. The third kappa shape index (κ3) is 4.51. The second-order valence-corrected chi connectivity index (χ2v) is 9.44. The van der Waals surface area contributed by atoms with Crippen molar-refractivity contribution in [1.82, 2.24) is 9.80 Å². The molecule has 0 saturated carbocycles. The highest BCUT2D eigenvalue weighted by molar-refractivity contribution is 5.95. The van der Waals surface area contributed by atoms with E-state index in [0.717, 1.165) is 35.6 Å². The van der Waals surface area contributed by atoms with Crippen molar-refractivity contribution in [2.24, 2.45) is 0 Å². The lowest BCUT2D eigenvalue weighted by Gasteiger charge is -2.42. The normalized spacial score (nSPS) is 18.8. The highest BCUT2D eigenvalue weighted by Gasteiger charge is 2.31. The van der Waals surface area contributed by atoms with Crippen LogP contribution in [0.3, 0.4) is 0 Å². The van der Waals surface area contributed by atoms with Gasteiger partial charge in [0.05, 0.1) is 0 Å². The van der Waals surface area contributed by atoms with Gasteiger partial charge in [-0.05, 0) is 67.4 Å². The first-order chi connectivity index (χ1) is 17.3. The van der Waals surface area contributed by atoms with Crippen molar-refractivity contribution in [3.8, 4) is 0 Å². The van der Waals surface area contributed by atoms with Crippen molar-refractivity contribution in [2.45, 2.75) is 25.9 Å². The Morgan fingerprint density at radius 3 is 2.36 bits per heavy atom. The minimum absolute atomic E-state index is 0.0424. The SMILES string of the molecule is CC(c1cc(F)c(F)c(F)c1)N1CCN(C(=O)c2ccc(N3CC=Cc4ccccc43)cc2)[C@H](C)C1. The van der Waals surface area contributed by atoms with Crippen molar-refractivity contribution in [1.29, 1.82) is 0 Å². The Hall–Kier alpha value is -3.58. The molecule has 0 aromatic heterocycles. The number of nitrogens with zero attached hydrogens (tertiary/aromatic N) is 3. The summed E-state index contributed by atoms with van der Waals surface area (Å²) in [7, 11) is 0. The van der Waals surface area contributed by atoms with Crippen LogP contribution in [0, 0.1) is 17.5 Å². The van der Waals surface area contributed by atoms with Crippen molar-refractivity contribution in [3.63, 3.8) is 0 Å². The summed E-state index contributed by atoms with van der Waals surface area (Å²) in [5, 5.41) is 0. The van der Waals surface area contributed by atoms with Gasteiger partial charge in [0.15, 0.2) is 17.5 Å². The summed E-state index contributed by atoms with van der Waals surface area (Å²) in [6, 6.07) is 17.6. The first kappa shape index (κ1) is 24.1. The van der Waals surface area contributed by atoms with Gasteiger partial charge in [0, 0.05) is 55.2 Å². The number of fused-ring (bicyclic) bond motifs is 1. The summed E-state index contributed by atoms with van der Waals surface area (Å²) in [5.41, 5.74) is 4.32. The number of benzene rings is 3. The van der Waals surface area contributed by atoms with Gasteiger partial charge in [-0.1, -0.05) is 30.4 Å². The number of anilines is 2. The van der Waals surface area contributed by atoms with E-state index in [1.807, 2.05) is 55.1 Å². The zero-order chi connectivity index (χ0) is 25.4. The highest BCUT2D eigenvalue weighted by Crippen LogP contribution is 2.33. The summed E-state index contributed by atoms with van der Waals surface area (Å²) in [4.78, 5) is 19.4. The number of halogens is 3. The number of hydrogen-bond donors (Lipinski definition) is 0. The van der Waals surface area contributed by atoms with E-state index in [4.69, 9.17) is 0 Å². The summed E-state index contributed by atoms with van der Waals surface area (Å²) < 4.78 is 40.8. The van der Waals surface area contributed by atoms with E-state index in [1.54, 1.807) is 0 Å². The number of amides is 1. The first-order valence-electron chi connectivity index (χ1n) is 12.2. The Morgan fingerprint density at radius 1 is 0.972 bits per heavy atom. The Kier molecular flexibility index (Phi) is 6.58. The molecule has 1 amide bonds. The Bertz CT molecular complexity index is 1280. The molecule has 1 unspecified atom stereocenters. The molecule has 1 saturated heterocycles. The molecule has 7 heteroatoms. The third-order valence-corrected chi connectivity index (χ3v) is 7.19. The maximum absolute atomic E-state index is 13.7. The molecule has 0 bridgehead atoms. The van der Waals surface area contributed by atoms with Gasteiger partial charge in [-0.25, -0.2) is 13.2 Å². The molecule has 2 atom stereocenters. The minimum atomic E-state index is -1.46. The molecule has 3 aromatic rings. The van der Waals surface area contributed by atoms with Crippen LogP contribution in [-0.4, -0.2) is 47.9 Å². The van der Waals surface area contributed by atoms with Gasteiger partial charge in [-0.3, -0.25) is 9.69 Å². The van der Waals surface area contributed by atoms with Gasteiger partial charge in [0.2, 0.25) is 0 Å². The fraction of sp³-hybridized carbons (Fsp3) is 0.276. The van der Waals surface area contributed by atoms with Crippen molar-refractivity contribution < 1.29 is 18.0 Å². The van der Waals surface area contributed by atoms with E-state index in [0.29, 0.717) is 30.8 Å². The van der Waals surface area contributed by atoms with Crippen molar-refractivity contribution in [2.75, 3.05) is 31.1 Å². The highest BCUT2D eigenvalue weighted by atomic mass is 19.2. The van der Waals surface area contributed by atoms with Crippen molar-refractivity contribution in [3.05, 3.63) is 101 Å². The Labute approximate surface area is 209 Å². The molecule has 0 radical (unpaired) electrons. The molecular weight excluding hydrogens is 463 g/mol. The van der Waals surface area contributed by atoms with E-state index >= 15 is 0 Å². The first-order valence-corrected chi connectivity index (χ1v) is 12.2. The number of hydrogen-bond acceptors (Lipinski definition) is 3. The second-order valence-electron chi connectivity index (χ2n) is 9.44. The number of para-hydroxylation sites is 1. The molecule has 0 N–H and O–H groups in total. The van der Waals surface area contributed by atoms with E-state index in [-0.39, 0.29) is 18.0 Å². The molecule has 3 aromatic carbocycles. The Morgan fingerprint density at radius 2 is 1.67 bits per heavy atom. The predicted molar refractivity (Wildman–Crippen MR) is 136 cm³/mol. The lowest BCUT2D eigenvalue weighted by molar-refractivity contribution is 0.0405. The van der Waals surface area contributed by atoms with E-state index < -0.39 is 17.5 Å². The van der Waals surface area contributed by atoms with E-state index in [9.17, 15) is 18.0 Å². The minimum Gasteiger partial charge on any atom is -0.337 e. The lowest BCUT2D eigenvalue weighted by atomic mass is 10.0. The van der Waals surface area contributed by atoms with Crippen LogP contribution in [0.5, 0.6) is 0 Å². The largest absolute Gasteiger partial charge is 0.337 e. The number of piperazine rings is 1.